The van der Waals surface area contributed by atoms with Crippen LogP contribution in [0.1, 0.15) is 50.7 Å². The van der Waals surface area contributed by atoms with Gasteiger partial charge in [-0.1, -0.05) is 60.3 Å². The van der Waals surface area contributed by atoms with Gasteiger partial charge in [0.1, 0.15) is 6.04 Å². The van der Waals surface area contributed by atoms with E-state index < -0.39 is 16.1 Å². The number of nitrogens with zero attached hydrogens (tertiary/aromatic N) is 2. The second-order valence-corrected chi connectivity index (χ2v) is 12.1. The molecule has 0 fully saturated rings. The number of sulfonamides is 1. The maximum Gasteiger partial charge on any atom is 0.242 e. The van der Waals surface area contributed by atoms with Gasteiger partial charge in [-0.15, -0.1) is 0 Å². The second-order valence-electron chi connectivity index (χ2n) is 8.90. The number of nitrogens with one attached hydrogen (secondary N) is 1. The molecule has 0 heterocycles. The standard InChI is InChI=1S/C26H34Cl3N3O4S/c1-5-6-14-30-26(34)19(3)31(17-20-12-13-21(27)16-23(20)29)25(33)11-8-15-32(37(4,35)36)24-10-7-9-22(28)18(24)2/h7,9-10,12-13,16,19H,5-6,8,11,14-15,17H2,1-4H3,(H,30,34)/t19-/m1/s1. The lowest BCUT2D eigenvalue weighted by Gasteiger charge is -2.30. The minimum absolute atomic E-state index is 0.0312. The second kappa shape index (κ2) is 14.2. The van der Waals surface area contributed by atoms with Crippen LogP contribution >= 0.6 is 34.8 Å². The van der Waals surface area contributed by atoms with Gasteiger partial charge in [0.15, 0.2) is 0 Å². The molecular formula is C26H34Cl3N3O4S. The van der Waals surface area contributed by atoms with Crippen molar-refractivity contribution < 1.29 is 18.0 Å². The summed E-state index contributed by atoms with van der Waals surface area (Å²) in [6.45, 7) is 6.15. The summed E-state index contributed by atoms with van der Waals surface area (Å²) < 4.78 is 26.3. The third-order valence-electron chi connectivity index (χ3n) is 6.01. The molecule has 37 heavy (non-hydrogen) atoms. The Kier molecular flexibility index (Phi) is 12.0. The van der Waals surface area contributed by atoms with Crippen LogP contribution in [-0.2, 0) is 26.2 Å². The number of unbranched alkanes of at least 4 members (excludes halogenated alkanes) is 1. The zero-order chi connectivity index (χ0) is 27.8. The van der Waals surface area contributed by atoms with Gasteiger partial charge in [-0.2, -0.15) is 0 Å². The monoisotopic (exact) mass is 589 g/mol. The van der Waals surface area contributed by atoms with Gasteiger partial charge in [-0.25, -0.2) is 8.42 Å². The SMILES string of the molecule is CCCCNC(=O)[C@@H](C)N(Cc1ccc(Cl)cc1Cl)C(=O)CCCN(c1cccc(Cl)c1C)S(C)(=O)=O. The molecule has 1 N–H and O–H groups in total. The predicted octanol–water partition coefficient (Wildman–Crippen LogP) is 5.84. The van der Waals surface area contributed by atoms with Crippen LogP contribution in [0.5, 0.6) is 0 Å². The third kappa shape index (κ3) is 9.06. The van der Waals surface area contributed by atoms with Crippen LogP contribution in [0.4, 0.5) is 5.69 Å². The van der Waals surface area contributed by atoms with E-state index in [1.807, 2.05) is 6.92 Å². The van der Waals surface area contributed by atoms with Crippen molar-refractivity contribution >= 4 is 62.3 Å². The zero-order valence-corrected chi connectivity index (χ0v) is 24.6. The van der Waals surface area contributed by atoms with Gasteiger partial charge in [0.25, 0.3) is 0 Å². The van der Waals surface area contributed by atoms with E-state index in [1.54, 1.807) is 50.2 Å². The van der Waals surface area contributed by atoms with Crippen LogP contribution in [0.3, 0.4) is 0 Å². The van der Waals surface area contributed by atoms with E-state index in [2.05, 4.69) is 5.32 Å². The Morgan fingerprint density at radius 2 is 1.76 bits per heavy atom. The number of anilines is 1. The zero-order valence-electron chi connectivity index (χ0n) is 21.6. The minimum Gasteiger partial charge on any atom is -0.354 e. The first kappa shape index (κ1) is 31.2. The number of halogens is 3. The first-order valence-electron chi connectivity index (χ1n) is 12.1. The maximum absolute atomic E-state index is 13.4. The van der Waals surface area contributed by atoms with Gasteiger partial charge >= 0.3 is 0 Å². The van der Waals surface area contributed by atoms with Crippen molar-refractivity contribution in [3.8, 4) is 0 Å². The lowest BCUT2D eigenvalue weighted by atomic mass is 10.1. The smallest absolute Gasteiger partial charge is 0.242 e. The molecule has 11 heteroatoms. The van der Waals surface area contributed by atoms with Crippen molar-refractivity contribution in [1.29, 1.82) is 0 Å². The van der Waals surface area contributed by atoms with Crippen LogP contribution in [0.15, 0.2) is 36.4 Å². The molecule has 0 aliphatic rings. The van der Waals surface area contributed by atoms with E-state index in [0.29, 0.717) is 38.4 Å². The van der Waals surface area contributed by atoms with Gasteiger partial charge in [0, 0.05) is 41.1 Å². The van der Waals surface area contributed by atoms with Gasteiger partial charge in [0.05, 0.1) is 11.9 Å². The van der Waals surface area contributed by atoms with Gasteiger partial charge in [-0.3, -0.25) is 13.9 Å². The molecule has 204 valence electrons. The highest BCUT2D eigenvalue weighted by Gasteiger charge is 2.27. The van der Waals surface area contributed by atoms with Crippen LogP contribution in [-0.4, -0.2) is 50.5 Å². The summed E-state index contributed by atoms with van der Waals surface area (Å²) in [6.07, 6.45) is 3.16. The van der Waals surface area contributed by atoms with E-state index in [4.69, 9.17) is 34.8 Å². The fraction of sp³-hybridized carbons (Fsp3) is 0.462. The van der Waals surface area contributed by atoms with E-state index in [9.17, 15) is 18.0 Å². The molecule has 2 amide bonds. The van der Waals surface area contributed by atoms with E-state index >= 15 is 0 Å². The van der Waals surface area contributed by atoms with Crippen LogP contribution in [0, 0.1) is 6.92 Å². The number of benzene rings is 2. The summed E-state index contributed by atoms with van der Waals surface area (Å²) in [5.74, 6) is -0.556. The van der Waals surface area contributed by atoms with E-state index in [1.165, 1.54) is 9.21 Å². The van der Waals surface area contributed by atoms with Crippen LogP contribution in [0.25, 0.3) is 0 Å². The van der Waals surface area contributed by atoms with E-state index in [0.717, 1.165) is 19.1 Å². The summed E-state index contributed by atoms with van der Waals surface area (Å²) in [5, 5.41) is 4.18. The minimum atomic E-state index is -3.62. The molecule has 0 saturated heterocycles. The Morgan fingerprint density at radius 1 is 1.05 bits per heavy atom. The Balaban J connectivity index is 2.22. The lowest BCUT2D eigenvalue weighted by molar-refractivity contribution is -0.140. The number of carbonyl (C=O) groups is 2. The molecule has 0 saturated carbocycles. The molecule has 2 rings (SSSR count). The Labute approximate surface area is 235 Å². The van der Waals surface area contributed by atoms with Crippen molar-refractivity contribution in [3.63, 3.8) is 0 Å². The summed E-state index contributed by atoms with van der Waals surface area (Å²) in [7, 11) is -3.62. The molecule has 7 nitrogen and oxygen atoms in total. The highest BCUT2D eigenvalue weighted by molar-refractivity contribution is 7.92. The van der Waals surface area contributed by atoms with Crippen molar-refractivity contribution in [3.05, 3.63) is 62.6 Å². The largest absolute Gasteiger partial charge is 0.354 e. The third-order valence-corrected chi connectivity index (χ3v) is 8.19. The molecule has 0 aromatic heterocycles. The van der Waals surface area contributed by atoms with Crippen LogP contribution in [0.2, 0.25) is 15.1 Å². The average Bonchev–Trinajstić information content (AvgIpc) is 2.82. The normalized spacial score (nSPS) is 12.2. The summed E-state index contributed by atoms with van der Waals surface area (Å²) in [4.78, 5) is 27.6. The quantitative estimate of drug-likeness (QED) is 0.297. The van der Waals surface area contributed by atoms with Crippen LogP contribution < -0.4 is 9.62 Å². The van der Waals surface area contributed by atoms with Crippen molar-refractivity contribution in [2.24, 2.45) is 0 Å². The topological polar surface area (TPSA) is 86.8 Å². The molecule has 0 aliphatic carbocycles. The molecule has 0 unspecified atom stereocenters. The van der Waals surface area contributed by atoms with E-state index in [-0.39, 0.29) is 37.7 Å². The molecular weight excluding hydrogens is 557 g/mol. The summed E-state index contributed by atoms with van der Waals surface area (Å²) in [5.41, 5.74) is 1.76. The lowest BCUT2D eigenvalue weighted by Crippen LogP contribution is -2.48. The number of hydrogen-bond donors (Lipinski definition) is 1. The van der Waals surface area contributed by atoms with Gasteiger partial charge in [-0.05, 0) is 62.1 Å². The Morgan fingerprint density at radius 3 is 2.38 bits per heavy atom. The molecule has 1 atom stereocenters. The van der Waals surface area contributed by atoms with Crippen molar-refractivity contribution in [1.82, 2.24) is 10.2 Å². The highest BCUT2D eigenvalue weighted by atomic mass is 35.5. The number of carbonyl (C=O) groups excluding carboxylic acids is 2. The molecule has 0 radical (unpaired) electrons. The number of rotatable bonds is 13. The first-order chi connectivity index (χ1) is 17.4. The molecule has 0 aliphatic heterocycles. The first-order valence-corrected chi connectivity index (χ1v) is 15.1. The van der Waals surface area contributed by atoms with Gasteiger partial charge in [0.2, 0.25) is 21.8 Å². The number of hydrogen-bond acceptors (Lipinski definition) is 4. The summed E-state index contributed by atoms with van der Waals surface area (Å²) in [6, 6.07) is 9.29. The van der Waals surface area contributed by atoms with Crippen molar-refractivity contribution in [2.75, 3.05) is 23.7 Å². The summed E-state index contributed by atoms with van der Waals surface area (Å²) >= 11 is 18.6. The fourth-order valence-electron chi connectivity index (χ4n) is 3.80. The highest BCUT2D eigenvalue weighted by Crippen LogP contribution is 2.29. The molecule has 0 spiro atoms. The number of amides is 2. The molecule has 2 aromatic rings. The van der Waals surface area contributed by atoms with Crippen molar-refractivity contribution in [2.45, 2.75) is 59.0 Å². The predicted molar refractivity (Wildman–Crippen MR) is 152 cm³/mol. The Hall–Kier alpha value is -2.00. The maximum atomic E-state index is 13.4. The molecule has 0 bridgehead atoms. The van der Waals surface area contributed by atoms with Gasteiger partial charge < -0.3 is 10.2 Å². The molecule has 2 aromatic carbocycles. The Bertz CT molecular complexity index is 1210. The average molecular weight is 591 g/mol. The fourth-order valence-corrected chi connectivity index (χ4v) is 5.45.